The summed E-state index contributed by atoms with van der Waals surface area (Å²) < 4.78 is 24.9. The number of benzene rings is 3. The molecule has 0 unspecified atom stereocenters. The van der Waals surface area contributed by atoms with Crippen molar-refractivity contribution in [2.45, 2.75) is 11.8 Å². The molecule has 0 aliphatic carbocycles. The number of rotatable bonds is 4. The maximum Gasteiger partial charge on any atom is 0.261 e. The van der Waals surface area contributed by atoms with Gasteiger partial charge in [-0.1, -0.05) is 29.8 Å². The second kappa shape index (κ2) is 7.94. The third kappa shape index (κ3) is 3.74. The van der Waals surface area contributed by atoms with Crippen LogP contribution < -0.4 is 16.2 Å². The Labute approximate surface area is 195 Å². The van der Waals surface area contributed by atoms with E-state index in [4.69, 9.17) is 15.9 Å². The van der Waals surface area contributed by atoms with E-state index < -0.39 is 15.9 Å². The van der Waals surface area contributed by atoms with E-state index in [0.29, 0.717) is 33.6 Å². The summed E-state index contributed by atoms with van der Waals surface area (Å²) in [6.07, 6.45) is 0. The molecule has 2 heterocycles. The second-order valence-electron chi connectivity index (χ2n) is 7.84. The smallest absolute Gasteiger partial charge is 0.261 e. The number of nitrogens with two attached hydrogens (primary N) is 2. The van der Waals surface area contributed by atoms with Gasteiger partial charge in [-0.25, -0.2) is 23.5 Å². The van der Waals surface area contributed by atoms with Crippen LogP contribution in [-0.4, -0.2) is 28.9 Å². The number of hydrogen-bond acceptors (Lipinski definition) is 6. The molecule has 0 spiro atoms. The molecule has 34 heavy (non-hydrogen) atoms. The highest BCUT2D eigenvalue weighted by Crippen LogP contribution is 2.32. The largest absolute Gasteiger partial charge is 0.384 e. The van der Waals surface area contributed by atoms with Gasteiger partial charge in [-0.2, -0.15) is 0 Å². The van der Waals surface area contributed by atoms with E-state index in [9.17, 15) is 13.2 Å². The van der Waals surface area contributed by atoms with Crippen molar-refractivity contribution in [2.75, 3.05) is 11.1 Å². The number of sulfonamides is 1. The summed E-state index contributed by atoms with van der Waals surface area (Å²) in [6.45, 7) is 1.96. The van der Waals surface area contributed by atoms with Crippen LogP contribution in [0.15, 0.2) is 77.7 Å². The van der Waals surface area contributed by atoms with E-state index >= 15 is 0 Å². The van der Waals surface area contributed by atoms with Crippen molar-refractivity contribution in [3.05, 3.63) is 83.9 Å². The second-order valence-corrected chi connectivity index (χ2v) is 9.40. The predicted molar refractivity (Wildman–Crippen MR) is 131 cm³/mol. The van der Waals surface area contributed by atoms with Crippen LogP contribution in [0.4, 0.5) is 11.5 Å². The Morgan fingerprint density at radius 1 is 0.912 bits per heavy atom. The lowest BCUT2D eigenvalue weighted by molar-refractivity contribution is 0.102. The van der Waals surface area contributed by atoms with E-state index in [1.807, 2.05) is 37.3 Å². The molecule has 0 aliphatic heterocycles. The first-order valence-corrected chi connectivity index (χ1v) is 11.8. The third-order valence-corrected chi connectivity index (χ3v) is 6.39. The van der Waals surface area contributed by atoms with Crippen LogP contribution in [-0.2, 0) is 10.0 Å². The van der Waals surface area contributed by atoms with Gasteiger partial charge in [-0.05, 0) is 55.5 Å². The highest BCUT2D eigenvalue weighted by molar-refractivity contribution is 7.89. The van der Waals surface area contributed by atoms with E-state index in [-0.39, 0.29) is 16.3 Å². The predicted octanol–water partition coefficient (Wildman–Crippen LogP) is 3.36. The van der Waals surface area contributed by atoms with E-state index in [1.165, 1.54) is 12.1 Å². The molecule has 0 bridgehead atoms. The maximum atomic E-state index is 13.3. The first-order chi connectivity index (χ1) is 16.2. The molecule has 10 heteroatoms. The molecule has 0 atom stereocenters. The molecule has 5 aromatic rings. The molecule has 2 aromatic heterocycles. The van der Waals surface area contributed by atoms with Crippen molar-refractivity contribution < 1.29 is 13.2 Å². The topological polar surface area (TPSA) is 146 Å². The number of carbonyl (C=O) groups excluding carboxylic acids is 1. The molecule has 9 nitrogen and oxygen atoms in total. The fourth-order valence-corrected chi connectivity index (χ4v) is 4.28. The number of aromatic nitrogens is 3. The Balaban J connectivity index is 1.72. The molecule has 3 aromatic carbocycles. The lowest BCUT2D eigenvalue weighted by Gasteiger charge is -2.09. The lowest BCUT2D eigenvalue weighted by Crippen LogP contribution is -2.14. The SMILES string of the molecule is Cc1ccc(NC(=O)c2c(N)n(-c3ccc(S(N)(=O)=O)cc3)c3nc4ccccc4nc23)cc1. The molecule has 0 aliphatic rings. The third-order valence-electron chi connectivity index (χ3n) is 5.46. The number of nitrogen functional groups attached to an aromatic ring is 1. The normalized spacial score (nSPS) is 11.7. The first-order valence-electron chi connectivity index (χ1n) is 10.3. The van der Waals surface area contributed by atoms with Crippen LogP contribution in [0.25, 0.3) is 27.9 Å². The van der Waals surface area contributed by atoms with Crippen molar-refractivity contribution in [3.8, 4) is 5.69 Å². The summed E-state index contributed by atoms with van der Waals surface area (Å²) in [6, 6.07) is 20.5. The van der Waals surface area contributed by atoms with Crippen molar-refractivity contribution in [1.29, 1.82) is 0 Å². The number of amides is 1. The van der Waals surface area contributed by atoms with Gasteiger partial charge in [0.25, 0.3) is 5.91 Å². The van der Waals surface area contributed by atoms with Gasteiger partial charge >= 0.3 is 0 Å². The molecule has 5 N–H and O–H groups in total. The minimum absolute atomic E-state index is 0.0415. The first kappa shape index (κ1) is 21.6. The van der Waals surface area contributed by atoms with Crippen molar-refractivity contribution in [3.63, 3.8) is 0 Å². The quantitative estimate of drug-likeness (QED) is 0.365. The number of carbonyl (C=O) groups is 1. The van der Waals surface area contributed by atoms with E-state index in [0.717, 1.165) is 5.56 Å². The number of hydrogen-bond donors (Lipinski definition) is 3. The molecule has 0 radical (unpaired) electrons. The fourth-order valence-electron chi connectivity index (χ4n) is 3.76. The number of para-hydroxylation sites is 2. The zero-order chi connectivity index (χ0) is 24.0. The number of fused-ring (bicyclic) bond motifs is 2. The van der Waals surface area contributed by atoms with Gasteiger partial charge in [0.1, 0.15) is 16.9 Å². The average molecular weight is 473 g/mol. The fraction of sp³-hybridized carbons (Fsp3) is 0.0417. The van der Waals surface area contributed by atoms with Crippen LogP contribution in [0.2, 0.25) is 0 Å². The highest BCUT2D eigenvalue weighted by atomic mass is 32.2. The Bertz CT molecular complexity index is 1670. The molecule has 0 fully saturated rings. The van der Waals surface area contributed by atoms with Crippen LogP contribution in [0.5, 0.6) is 0 Å². The molecule has 0 saturated carbocycles. The number of nitrogens with zero attached hydrogens (tertiary/aromatic N) is 3. The van der Waals surface area contributed by atoms with Gasteiger partial charge in [0.2, 0.25) is 10.0 Å². The minimum Gasteiger partial charge on any atom is -0.384 e. The van der Waals surface area contributed by atoms with Crippen molar-refractivity contribution in [2.24, 2.45) is 5.14 Å². The standard InChI is InChI=1S/C24H20N6O3S/c1-14-6-8-15(9-7-14)27-24(31)20-21-23(29-19-5-3-2-4-18(19)28-21)30(22(20)25)16-10-12-17(13-11-16)34(26,32)33/h2-13H,25H2,1H3,(H,27,31)(H2,26,32,33). The molecule has 5 rings (SSSR count). The summed E-state index contributed by atoms with van der Waals surface area (Å²) in [5.41, 5.74) is 10.8. The zero-order valence-electron chi connectivity index (χ0n) is 18.1. The molecule has 170 valence electrons. The Morgan fingerprint density at radius 2 is 1.53 bits per heavy atom. The van der Waals surface area contributed by atoms with E-state index in [2.05, 4.69) is 10.3 Å². The summed E-state index contributed by atoms with van der Waals surface area (Å²) in [7, 11) is -3.86. The van der Waals surface area contributed by atoms with Gasteiger partial charge in [-0.3, -0.25) is 9.36 Å². The highest BCUT2D eigenvalue weighted by Gasteiger charge is 2.25. The number of primary sulfonamides is 1. The Kier molecular flexibility index (Phi) is 5.03. The van der Waals surface area contributed by atoms with Gasteiger partial charge in [0.15, 0.2) is 5.65 Å². The van der Waals surface area contributed by atoms with Gasteiger partial charge in [0, 0.05) is 11.4 Å². The van der Waals surface area contributed by atoms with Gasteiger partial charge in [-0.15, -0.1) is 0 Å². The molecular formula is C24H20N6O3S. The number of anilines is 2. The summed E-state index contributed by atoms with van der Waals surface area (Å²) in [5, 5.41) is 8.08. The average Bonchev–Trinajstić information content (AvgIpc) is 3.09. The lowest BCUT2D eigenvalue weighted by atomic mass is 10.2. The zero-order valence-corrected chi connectivity index (χ0v) is 18.9. The van der Waals surface area contributed by atoms with E-state index in [1.54, 1.807) is 34.9 Å². The van der Waals surface area contributed by atoms with Gasteiger partial charge in [0.05, 0.1) is 15.9 Å². The van der Waals surface area contributed by atoms with Crippen molar-refractivity contribution in [1.82, 2.24) is 14.5 Å². The minimum atomic E-state index is -3.86. The Morgan fingerprint density at radius 3 is 2.15 bits per heavy atom. The molecule has 0 saturated heterocycles. The van der Waals surface area contributed by atoms with Crippen molar-refractivity contribution >= 4 is 49.6 Å². The summed E-state index contributed by atoms with van der Waals surface area (Å²) >= 11 is 0. The molecule has 1 amide bonds. The summed E-state index contributed by atoms with van der Waals surface area (Å²) in [5.74, 6) is -0.311. The monoisotopic (exact) mass is 472 g/mol. The number of aryl methyl sites for hydroxylation is 1. The Hall–Kier alpha value is -4.28. The van der Waals surface area contributed by atoms with Crippen LogP contribution in [0.1, 0.15) is 15.9 Å². The van der Waals surface area contributed by atoms with Gasteiger partial charge < -0.3 is 11.1 Å². The maximum absolute atomic E-state index is 13.3. The molecular weight excluding hydrogens is 452 g/mol. The van der Waals surface area contributed by atoms with Crippen LogP contribution in [0, 0.1) is 6.92 Å². The summed E-state index contributed by atoms with van der Waals surface area (Å²) in [4.78, 5) is 22.7. The number of nitrogens with one attached hydrogen (secondary N) is 1. The van der Waals surface area contributed by atoms with Crippen LogP contribution >= 0.6 is 0 Å². The van der Waals surface area contributed by atoms with Crippen LogP contribution in [0.3, 0.4) is 0 Å².